The molecule has 0 saturated heterocycles. The Labute approximate surface area is 163 Å². The van der Waals surface area contributed by atoms with Gasteiger partial charge in [0.15, 0.2) is 11.6 Å². The summed E-state index contributed by atoms with van der Waals surface area (Å²) in [6.45, 7) is 4.78. The minimum Gasteiger partial charge on any atom is -0.490 e. The van der Waals surface area contributed by atoms with Gasteiger partial charge in [-0.15, -0.1) is 0 Å². The highest BCUT2D eigenvalue weighted by Crippen LogP contribution is 2.31. The molecule has 0 aromatic heterocycles. The molecule has 0 radical (unpaired) electrons. The van der Waals surface area contributed by atoms with Gasteiger partial charge in [0.25, 0.3) is 0 Å². The molecule has 1 aliphatic rings. The van der Waals surface area contributed by atoms with Crippen LogP contribution in [0.1, 0.15) is 90.0 Å². The SMILES string of the molecule is CCCCCCOc1ccc(C#CC2CCC(CCCC)CC2)c(F)c1F. The number of benzene rings is 1. The monoisotopic (exact) mass is 376 g/mol. The second-order valence-electron chi connectivity index (χ2n) is 7.78. The largest absolute Gasteiger partial charge is 0.490 e. The molecule has 0 amide bonds. The molecule has 1 aliphatic carbocycles. The summed E-state index contributed by atoms with van der Waals surface area (Å²) in [7, 11) is 0. The molecule has 1 fully saturated rings. The first kappa shape index (κ1) is 21.7. The highest BCUT2D eigenvalue weighted by Gasteiger charge is 2.19. The first-order valence-electron chi connectivity index (χ1n) is 10.8. The van der Waals surface area contributed by atoms with E-state index in [1.54, 1.807) is 6.07 Å². The van der Waals surface area contributed by atoms with Gasteiger partial charge >= 0.3 is 0 Å². The lowest BCUT2D eigenvalue weighted by Crippen LogP contribution is -2.13. The van der Waals surface area contributed by atoms with Gasteiger partial charge in [-0.25, -0.2) is 4.39 Å². The summed E-state index contributed by atoms with van der Waals surface area (Å²) in [5.41, 5.74) is 0.138. The van der Waals surface area contributed by atoms with Crippen molar-refractivity contribution in [1.82, 2.24) is 0 Å². The molecule has 0 heterocycles. The quantitative estimate of drug-likeness (QED) is 0.325. The molecule has 0 spiro atoms. The Kier molecular flexibility index (Phi) is 9.67. The predicted octanol–water partition coefficient (Wildman–Crippen LogP) is 7.27. The van der Waals surface area contributed by atoms with Gasteiger partial charge < -0.3 is 4.74 Å². The molecular weight excluding hydrogens is 342 g/mol. The molecule has 1 aromatic rings. The van der Waals surface area contributed by atoms with E-state index in [-0.39, 0.29) is 11.3 Å². The van der Waals surface area contributed by atoms with E-state index in [4.69, 9.17) is 4.74 Å². The van der Waals surface area contributed by atoms with Gasteiger partial charge in [-0.1, -0.05) is 64.2 Å². The molecule has 1 saturated carbocycles. The van der Waals surface area contributed by atoms with E-state index in [9.17, 15) is 8.78 Å². The second kappa shape index (κ2) is 12.0. The Balaban J connectivity index is 1.87. The molecule has 0 atom stereocenters. The number of hydrogen-bond acceptors (Lipinski definition) is 1. The Morgan fingerprint density at radius 2 is 1.67 bits per heavy atom. The molecule has 0 bridgehead atoms. The fourth-order valence-electron chi connectivity index (χ4n) is 3.72. The van der Waals surface area contributed by atoms with E-state index in [0.29, 0.717) is 12.5 Å². The second-order valence-corrected chi connectivity index (χ2v) is 7.78. The molecule has 1 aromatic carbocycles. The van der Waals surface area contributed by atoms with Gasteiger partial charge in [0.1, 0.15) is 0 Å². The van der Waals surface area contributed by atoms with Gasteiger partial charge in [-0.3, -0.25) is 0 Å². The molecule has 150 valence electrons. The zero-order valence-corrected chi connectivity index (χ0v) is 17.0. The highest BCUT2D eigenvalue weighted by molar-refractivity contribution is 5.41. The average molecular weight is 377 g/mol. The first-order valence-corrected chi connectivity index (χ1v) is 10.8. The maximum absolute atomic E-state index is 14.3. The zero-order valence-electron chi connectivity index (χ0n) is 17.0. The zero-order chi connectivity index (χ0) is 19.5. The fourth-order valence-corrected chi connectivity index (χ4v) is 3.72. The van der Waals surface area contributed by atoms with Gasteiger partial charge in [0.2, 0.25) is 5.82 Å². The van der Waals surface area contributed by atoms with Crippen LogP contribution < -0.4 is 4.74 Å². The Hall–Kier alpha value is -1.56. The van der Waals surface area contributed by atoms with E-state index in [2.05, 4.69) is 25.7 Å². The third-order valence-electron chi connectivity index (χ3n) is 5.53. The van der Waals surface area contributed by atoms with Crippen molar-refractivity contribution in [3.05, 3.63) is 29.3 Å². The van der Waals surface area contributed by atoms with E-state index < -0.39 is 11.6 Å². The summed E-state index contributed by atoms with van der Waals surface area (Å²) < 4.78 is 33.9. The van der Waals surface area contributed by atoms with Crippen molar-refractivity contribution < 1.29 is 13.5 Å². The van der Waals surface area contributed by atoms with Gasteiger partial charge in [0.05, 0.1) is 12.2 Å². The molecule has 3 heteroatoms. The van der Waals surface area contributed by atoms with Crippen LogP contribution in [0, 0.1) is 35.3 Å². The lowest BCUT2D eigenvalue weighted by molar-refractivity contribution is 0.285. The standard InChI is InChI=1S/C24H34F2O/c1-3-5-7-8-18-27-22-17-16-21(23(25)24(22)26)15-14-20-12-10-19(11-13-20)9-6-4-2/h16-17,19-20H,3-13,18H2,1-2H3. The minimum absolute atomic E-state index is 0.00835. The van der Waals surface area contributed by atoms with Crippen molar-refractivity contribution in [2.24, 2.45) is 11.8 Å². The molecule has 1 nitrogen and oxygen atoms in total. The third kappa shape index (κ3) is 7.17. The van der Waals surface area contributed by atoms with Crippen LogP contribution in [-0.4, -0.2) is 6.61 Å². The third-order valence-corrected chi connectivity index (χ3v) is 5.53. The molecule has 0 N–H and O–H groups in total. The smallest absolute Gasteiger partial charge is 0.201 e. The maximum Gasteiger partial charge on any atom is 0.201 e. The summed E-state index contributed by atoms with van der Waals surface area (Å²) in [5, 5.41) is 0. The lowest BCUT2D eigenvalue weighted by Gasteiger charge is -2.25. The lowest BCUT2D eigenvalue weighted by atomic mass is 9.80. The van der Waals surface area contributed by atoms with E-state index in [0.717, 1.165) is 44.4 Å². The van der Waals surface area contributed by atoms with Crippen LogP contribution >= 0.6 is 0 Å². The van der Waals surface area contributed by atoms with E-state index >= 15 is 0 Å². The van der Waals surface area contributed by atoms with Crippen LogP contribution in [0.15, 0.2) is 12.1 Å². The van der Waals surface area contributed by atoms with E-state index in [1.807, 2.05) is 0 Å². The molecule has 0 unspecified atom stereocenters. The van der Waals surface area contributed by atoms with Gasteiger partial charge in [-0.2, -0.15) is 4.39 Å². The minimum atomic E-state index is -0.916. The average Bonchev–Trinajstić information content (AvgIpc) is 2.69. The number of unbranched alkanes of at least 4 members (excludes halogenated alkanes) is 4. The van der Waals surface area contributed by atoms with Crippen LogP contribution in [0.3, 0.4) is 0 Å². The Morgan fingerprint density at radius 1 is 0.926 bits per heavy atom. The van der Waals surface area contributed by atoms with E-state index in [1.165, 1.54) is 38.2 Å². The Bertz CT molecular complexity index is 621. The molecule has 27 heavy (non-hydrogen) atoms. The Morgan fingerprint density at radius 3 is 2.37 bits per heavy atom. The van der Waals surface area contributed by atoms with Gasteiger partial charge in [0, 0.05) is 5.92 Å². The number of ether oxygens (including phenoxy) is 1. The van der Waals surface area contributed by atoms with Crippen LogP contribution in [0.25, 0.3) is 0 Å². The summed E-state index contributed by atoms with van der Waals surface area (Å²) >= 11 is 0. The van der Waals surface area contributed by atoms with Crippen molar-refractivity contribution in [3.63, 3.8) is 0 Å². The normalized spacial score (nSPS) is 19.4. The summed E-state index contributed by atoms with van der Waals surface area (Å²) in [6, 6.07) is 3.05. The predicted molar refractivity (Wildman–Crippen MR) is 108 cm³/mol. The summed E-state index contributed by atoms with van der Waals surface area (Å²) in [4.78, 5) is 0. The summed E-state index contributed by atoms with van der Waals surface area (Å²) in [5.74, 6) is 5.36. The van der Waals surface area contributed by atoms with Crippen molar-refractivity contribution in [3.8, 4) is 17.6 Å². The highest BCUT2D eigenvalue weighted by atomic mass is 19.2. The summed E-state index contributed by atoms with van der Waals surface area (Å²) in [6.07, 6.45) is 12.6. The molecule has 2 rings (SSSR count). The van der Waals surface area contributed by atoms with Crippen molar-refractivity contribution in [2.45, 2.75) is 84.5 Å². The molecular formula is C24H34F2O. The molecule has 0 aliphatic heterocycles. The first-order chi connectivity index (χ1) is 13.2. The van der Waals surface area contributed by atoms with Crippen LogP contribution in [0.4, 0.5) is 8.78 Å². The van der Waals surface area contributed by atoms with Crippen molar-refractivity contribution in [1.29, 1.82) is 0 Å². The van der Waals surface area contributed by atoms with Crippen molar-refractivity contribution in [2.75, 3.05) is 6.61 Å². The van der Waals surface area contributed by atoms with Crippen molar-refractivity contribution >= 4 is 0 Å². The van der Waals surface area contributed by atoms with Gasteiger partial charge in [-0.05, 0) is 50.2 Å². The number of rotatable bonds is 9. The van der Waals surface area contributed by atoms with Crippen LogP contribution in [0.2, 0.25) is 0 Å². The van der Waals surface area contributed by atoms with Crippen LogP contribution in [0.5, 0.6) is 5.75 Å². The number of hydrogen-bond donors (Lipinski definition) is 0. The fraction of sp³-hybridized carbons (Fsp3) is 0.667. The van der Waals surface area contributed by atoms with Crippen LogP contribution in [-0.2, 0) is 0 Å². The number of halogens is 2. The maximum atomic E-state index is 14.3. The topological polar surface area (TPSA) is 9.23 Å².